The van der Waals surface area contributed by atoms with E-state index in [1.807, 2.05) is 36.4 Å². The molecule has 30 heavy (non-hydrogen) atoms. The Hall–Kier alpha value is -3.39. The van der Waals surface area contributed by atoms with E-state index < -0.39 is 0 Å². The molecule has 4 rings (SSSR count). The largest absolute Gasteiger partial charge is 0.348 e. The van der Waals surface area contributed by atoms with E-state index in [2.05, 4.69) is 67.7 Å². The Morgan fingerprint density at radius 1 is 0.933 bits per heavy atom. The molecule has 0 aromatic heterocycles. The molecule has 0 saturated carbocycles. The van der Waals surface area contributed by atoms with Gasteiger partial charge in [0.25, 0.3) is 5.91 Å². The van der Waals surface area contributed by atoms with Crippen LogP contribution in [-0.2, 0) is 6.42 Å². The number of rotatable bonds is 5. The molecular weight excluding hydrogens is 366 g/mol. The third-order valence-electron chi connectivity index (χ3n) is 5.66. The zero-order chi connectivity index (χ0) is 20.9. The highest BCUT2D eigenvalue weighted by atomic mass is 16.1. The first-order valence-corrected chi connectivity index (χ1v) is 10.5. The van der Waals surface area contributed by atoms with Crippen LogP contribution in [-0.4, -0.2) is 12.5 Å². The highest BCUT2D eigenvalue weighted by Gasteiger charge is 2.21. The first-order valence-electron chi connectivity index (χ1n) is 10.5. The van der Waals surface area contributed by atoms with E-state index in [1.54, 1.807) is 0 Å². The molecule has 0 aliphatic heterocycles. The lowest BCUT2D eigenvalue weighted by Crippen LogP contribution is -2.27. The summed E-state index contributed by atoms with van der Waals surface area (Å²) in [5.74, 6) is -0.0261. The quantitative estimate of drug-likeness (QED) is 0.547. The Bertz CT molecular complexity index is 1110. The number of hydrogen-bond acceptors (Lipinski definition) is 1. The fourth-order valence-electron chi connectivity index (χ4n) is 4.19. The minimum absolute atomic E-state index is 0.0261. The average Bonchev–Trinajstić information content (AvgIpc) is 2.78. The number of allylic oxidation sites excluding steroid dienone is 2. The second kappa shape index (κ2) is 8.96. The first-order chi connectivity index (χ1) is 14.6. The van der Waals surface area contributed by atoms with Gasteiger partial charge in [0.1, 0.15) is 0 Å². The van der Waals surface area contributed by atoms with E-state index in [0.29, 0.717) is 12.1 Å². The van der Waals surface area contributed by atoms with Gasteiger partial charge in [0, 0.05) is 12.1 Å². The summed E-state index contributed by atoms with van der Waals surface area (Å²) in [7, 11) is 0. The van der Waals surface area contributed by atoms with Crippen molar-refractivity contribution in [2.24, 2.45) is 0 Å². The van der Waals surface area contributed by atoms with Crippen molar-refractivity contribution in [1.82, 2.24) is 5.32 Å². The standard InChI is InChI=1S/C28H27NO/c1-20-13-16-26-24(17-20)14-15-25(19-29-28(30)23-11-7-4-8-12-23)27(26)21(2)18-22-9-5-3-6-10-22/h3-13,16-18H,14-15,19H2,1-2H3,(H,29,30)/b21-18+. The second-order valence-electron chi connectivity index (χ2n) is 7.93. The van der Waals surface area contributed by atoms with E-state index in [1.165, 1.54) is 39.0 Å². The molecule has 0 spiro atoms. The summed E-state index contributed by atoms with van der Waals surface area (Å²) in [5.41, 5.74) is 9.66. The number of fused-ring (bicyclic) bond motifs is 1. The van der Waals surface area contributed by atoms with E-state index in [9.17, 15) is 4.79 Å². The van der Waals surface area contributed by atoms with Gasteiger partial charge in [-0.1, -0.05) is 78.4 Å². The average molecular weight is 394 g/mol. The van der Waals surface area contributed by atoms with Crippen molar-refractivity contribution in [2.75, 3.05) is 6.54 Å². The molecule has 0 atom stereocenters. The van der Waals surface area contributed by atoms with Crippen LogP contribution in [0, 0.1) is 6.92 Å². The second-order valence-corrected chi connectivity index (χ2v) is 7.93. The zero-order valence-electron chi connectivity index (χ0n) is 17.6. The van der Waals surface area contributed by atoms with Crippen molar-refractivity contribution < 1.29 is 4.79 Å². The third kappa shape index (κ3) is 4.44. The topological polar surface area (TPSA) is 29.1 Å². The van der Waals surface area contributed by atoms with Crippen LogP contribution in [0.25, 0.3) is 11.6 Å². The summed E-state index contributed by atoms with van der Waals surface area (Å²) in [6.45, 7) is 4.89. The molecule has 3 aromatic carbocycles. The summed E-state index contributed by atoms with van der Waals surface area (Å²) in [5, 5.41) is 3.14. The Kier molecular flexibility index (Phi) is 5.94. The Balaban J connectivity index is 1.69. The van der Waals surface area contributed by atoms with Crippen LogP contribution in [0.4, 0.5) is 0 Å². The van der Waals surface area contributed by atoms with Crippen LogP contribution in [0.1, 0.15) is 46.0 Å². The van der Waals surface area contributed by atoms with Gasteiger partial charge in [-0.15, -0.1) is 0 Å². The van der Waals surface area contributed by atoms with Crippen molar-refractivity contribution in [2.45, 2.75) is 26.7 Å². The predicted octanol–water partition coefficient (Wildman–Crippen LogP) is 6.23. The molecule has 1 N–H and O–H groups in total. The fourth-order valence-corrected chi connectivity index (χ4v) is 4.19. The third-order valence-corrected chi connectivity index (χ3v) is 5.66. The molecule has 1 aliphatic rings. The van der Waals surface area contributed by atoms with Gasteiger partial charge in [0.2, 0.25) is 0 Å². The minimum Gasteiger partial charge on any atom is -0.348 e. The molecule has 0 fully saturated rings. The van der Waals surface area contributed by atoms with Gasteiger partial charge < -0.3 is 5.32 Å². The van der Waals surface area contributed by atoms with Gasteiger partial charge in [-0.25, -0.2) is 0 Å². The van der Waals surface area contributed by atoms with Gasteiger partial charge in [-0.05, 0) is 72.2 Å². The van der Waals surface area contributed by atoms with Crippen molar-refractivity contribution in [3.05, 3.63) is 118 Å². The predicted molar refractivity (Wildman–Crippen MR) is 125 cm³/mol. The van der Waals surface area contributed by atoms with Gasteiger partial charge in [-0.2, -0.15) is 0 Å². The maximum atomic E-state index is 12.6. The summed E-state index contributed by atoms with van der Waals surface area (Å²) in [4.78, 5) is 12.6. The molecule has 0 radical (unpaired) electrons. The van der Waals surface area contributed by atoms with Crippen molar-refractivity contribution in [3.8, 4) is 0 Å². The lowest BCUT2D eigenvalue weighted by atomic mass is 9.81. The molecule has 3 aromatic rings. The molecule has 0 unspecified atom stereocenters. The Morgan fingerprint density at radius 3 is 2.37 bits per heavy atom. The molecular formula is C28H27NO. The maximum absolute atomic E-state index is 12.6. The Morgan fingerprint density at radius 2 is 1.63 bits per heavy atom. The molecule has 150 valence electrons. The van der Waals surface area contributed by atoms with E-state index >= 15 is 0 Å². The molecule has 1 aliphatic carbocycles. The fraction of sp³-hybridized carbons (Fsp3) is 0.179. The molecule has 2 nitrogen and oxygen atoms in total. The lowest BCUT2D eigenvalue weighted by molar-refractivity contribution is 0.0957. The van der Waals surface area contributed by atoms with Crippen molar-refractivity contribution in [3.63, 3.8) is 0 Å². The molecule has 2 heteroatoms. The molecule has 0 bridgehead atoms. The van der Waals surface area contributed by atoms with Crippen LogP contribution in [0.3, 0.4) is 0 Å². The smallest absolute Gasteiger partial charge is 0.251 e. The highest BCUT2D eigenvalue weighted by Crippen LogP contribution is 2.37. The number of benzene rings is 3. The van der Waals surface area contributed by atoms with E-state index in [4.69, 9.17) is 0 Å². The lowest BCUT2D eigenvalue weighted by Gasteiger charge is -2.25. The number of nitrogens with one attached hydrogen (secondary N) is 1. The number of amides is 1. The van der Waals surface area contributed by atoms with Gasteiger partial charge in [0.15, 0.2) is 0 Å². The van der Waals surface area contributed by atoms with E-state index in [-0.39, 0.29) is 5.91 Å². The SMILES string of the molecule is C/C(=C\c1ccccc1)C1=C(CNC(=O)c2ccccc2)CCc2cc(C)ccc21. The summed E-state index contributed by atoms with van der Waals surface area (Å²) in [6.07, 6.45) is 4.21. The summed E-state index contributed by atoms with van der Waals surface area (Å²) < 4.78 is 0. The number of hydrogen-bond donors (Lipinski definition) is 1. The first kappa shape index (κ1) is 19.9. The van der Waals surface area contributed by atoms with Crippen LogP contribution < -0.4 is 5.32 Å². The van der Waals surface area contributed by atoms with Crippen molar-refractivity contribution >= 4 is 17.6 Å². The maximum Gasteiger partial charge on any atom is 0.251 e. The normalized spacial score (nSPS) is 13.7. The Labute approximate surface area is 179 Å². The molecule has 0 heterocycles. The molecule has 0 saturated heterocycles. The minimum atomic E-state index is -0.0261. The zero-order valence-corrected chi connectivity index (χ0v) is 17.6. The van der Waals surface area contributed by atoms with E-state index in [0.717, 1.165) is 12.8 Å². The van der Waals surface area contributed by atoms with Gasteiger partial charge in [-0.3, -0.25) is 4.79 Å². The highest BCUT2D eigenvalue weighted by molar-refractivity contribution is 5.95. The van der Waals surface area contributed by atoms with Crippen molar-refractivity contribution in [1.29, 1.82) is 0 Å². The summed E-state index contributed by atoms with van der Waals surface area (Å²) in [6, 6.07) is 26.5. The van der Waals surface area contributed by atoms with Crippen LogP contribution >= 0.6 is 0 Å². The summed E-state index contributed by atoms with van der Waals surface area (Å²) >= 11 is 0. The van der Waals surface area contributed by atoms with Crippen LogP contribution in [0.2, 0.25) is 0 Å². The number of carbonyl (C=O) groups is 1. The molecule has 1 amide bonds. The van der Waals surface area contributed by atoms with Gasteiger partial charge >= 0.3 is 0 Å². The van der Waals surface area contributed by atoms with Crippen LogP contribution in [0.15, 0.2) is 90.0 Å². The number of aryl methyl sites for hydroxylation is 2. The number of carbonyl (C=O) groups excluding carboxylic acids is 1. The van der Waals surface area contributed by atoms with Crippen LogP contribution in [0.5, 0.6) is 0 Å². The van der Waals surface area contributed by atoms with Gasteiger partial charge in [0.05, 0.1) is 0 Å². The monoisotopic (exact) mass is 393 g/mol.